The summed E-state index contributed by atoms with van der Waals surface area (Å²) >= 11 is 0. The maximum Gasteiger partial charge on any atom is 0.410 e. The standard InChI is InChI=1S/C29H35FN2O6/c1-29(2,3)38-27(35)31-16-14-25(24(30)17-31)32(15-8-13-26(33)34)28(36)37-18-23-21-11-6-4-9-19(21)20-10-5-7-12-22(20)23/h4-7,9-12,23-25H,8,13-18H2,1-3H3,(H,33,34). The van der Waals surface area contributed by atoms with E-state index in [-0.39, 0.29) is 51.4 Å². The van der Waals surface area contributed by atoms with Crippen LogP contribution in [0.1, 0.15) is 57.1 Å². The van der Waals surface area contributed by atoms with E-state index in [1.807, 2.05) is 48.5 Å². The van der Waals surface area contributed by atoms with E-state index in [1.54, 1.807) is 20.8 Å². The number of aliphatic carboxylic acids is 1. The van der Waals surface area contributed by atoms with Crippen molar-refractivity contribution < 1.29 is 33.4 Å². The van der Waals surface area contributed by atoms with Crippen LogP contribution in [0.2, 0.25) is 0 Å². The lowest BCUT2D eigenvalue weighted by atomic mass is 9.98. The van der Waals surface area contributed by atoms with Crippen LogP contribution in [-0.2, 0) is 14.3 Å². The van der Waals surface area contributed by atoms with Crippen LogP contribution >= 0.6 is 0 Å². The average Bonchev–Trinajstić information content (AvgIpc) is 3.18. The molecule has 1 saturated heterocycles. The molecule has 0 spiro atoms. The Labute approximate surface area is 222 Å². The smallest absolute Gasteiger partial charge is 0.410 e. The summed E-state index contributed by atoms with van der Waals surface area (Å²) in [5, 5.41) is 9.08. The molecule has 0 bridgehead atoms. The number of alkyl halides is 1. The first kappa shape index (κ1) is 27.4. The minimum atomic E-state index is -1.53. The van der Waals surface area contributed by atoms with Crippen LogP contribution in [0.5, 0.6) is 0 Å². The molecule has 2 unspecified atom stereocenters. The van der Waals surface area contributed by atoms with Gasteiger partial charge in [0.1, 0.15) is 18.4 Å². The molecule has 1 aliphatic carbocycles. The minimum Gasteiger partial charge on any atom is -0.481 e. The zero-order valence-electron chi connectivity index (χ0n) is 22.1. The molecule has 1 N–H and O–H groups in total. The average molecular weight is 527 g/mol. The largest absolute Gasteiger partial charge is 0.481 e. The second kappa shape index (κ2) is 11.4. The molecule has 1 heterocycles. The third-order valence-corrected chi connectivity index (χ3v) is 6.92. The molecule has 0 saturated carbocycles. The normalized spacial score (nSPS) is 18.9. The Bertz CT molecular complexity index is 1130. The second-order valence-electron chi connectivity index (χ2n) is 10.8. The van der Waals surface area contributed by atoms with Crippen LogP contribution in [-0.4, -0.2) is 77.1 Å². The fraction of sp³-hybridized carbons (Fsp3) is 0.483. The van der Waals surface area contributed by atoms with Crippen molar-refractivity contribution in [1.82, 2.24) is 9.80 Å². The third kappa shape index (κ3) is 6.26. The molecule has 204 valence electrons. The number of hydrogen-bond acceptors (Lipinski definition) is 5. The summed E-state index contributed by atoms with van der Waals surface area (Å²) in [6, 6.07) is 15.1. The summed E-state index contributed by atoms with van der Waals surface area (Å²) < 4.78 is 26.5. The van der Waals surface area contributed by atoms with Crippen molar-refractivity contribution in [3.8, 4) is 11.1 Å². The Hall–Kier alpha value is -3.62. The summed E-state index contributed by atoms with van der Waals surface area (Å²) in [6.07, 6.45) is -2.61. The Balaban J connectivity index is 1.46. The molecule has 2 aliphatic rings. The monoisotopic (exact) mass is 526 g/mol. The van der Waals surface area contributed by atoms with Gasteiger partial charge in [-0.15, -0.1) is 0 Å². The summed E-state index contributed by atoms with van der Waals surface area (Å²) in [5.74, 6) is -1.14. The van der Waals surface area contributed by atoms with Crippen LogP contribution in [0, 0.1) is 0 Å². The predicted octanol–water partition coefficient (Wildman–Crippen LogP) is 5.45. The summed E-state index contributed by atoms with van der Waals surface area (Å²) in [7, 11) is 0. The predicted molar refractivity (Wildman–Crippen MR) is 140 cm³/mol. The molecule has 4 rings (SSSR count). The summed E-state index contributed by atoms with van der Waals surface area (Å²) in [4.78, 5) is 39.5. The fourth-order valence-corrected chi connectivity index (χ4v) is 5.21. The molecule has 1 aliphatic heterocycles. The molecule has 9 heteroatoms. The van der Waals surface area contributed by atoms with Crippen LogP contribution in [0.3, 0.4) is 0 Å². The van der Waals surface area contributed by atoms with Crippen molar-refractivity contribution in [3.05, 3.63) is 59.7 Å². The lowest BCUT2D eigenvalue weighted by molar-refractivity contribution is -0.137. The van der Waals surface area contributed by atoms with E-state index in [0.29, 0.717) is 0 Å². The number of carboxylic acids is 1. The van der Waals surface area contributed by atoms with E-state index in [2.05, 4.69) is 0 Å². The minimum absolute atomic E-state index is 0.0422. The van der Waals surface area contributed by atoms with Crippen LogP contribution in [0.15, 0.2) is 48.5 Å². The van der Waals surface area contributed by atoms with E-state index in [0.717, 1.165) is 22.3 Å². The quantitative estimate of drug-likeness (QED) is 0.515. The molecular weight excluding hydrogens is 491 g/mol. The lowest BCUT2D eigenvalue weighted by Crippen LogP contribution is -2.56. The molecule has 0 aromatic heterocycles. The van der Waals surface area contributed by atoms with Crippen molar-refractivity contribution >= 4 is 18.2 Å². The number of piperidine rings is 1. The first-order valence-corrected chi connectivity index (χ1v) is 13.0. The number of amides is 2. The van der Waals surface area contributed by atoms with Gasteiger partial charge in [-0.25, -0.2) is 14.0 Å². The highest BCUT2D eigenvalue weighted by molar-refractivity contribution is 5.79. The number of benzene rings is 2. The molecular formula is C29H35FN2O6. The Morgan fingerprint density at radius 2 is 1.66 bits per heavy atom. The highest BCUT2D eigenvalue weighted by atomic mass is 19.1. The van der Waals surface area contributed by atoms with Crippen molar-refractivity contribution in [2.45, 2.75) is 63.8 Å². The second-order valence-corrected chi connectivity index (χ2v) is 10.8. The van der Waals surface area contributed by atoms with E-state index in [1.165, 1.54) is 9.80 Å². The molecule has 2 aromatic carbocycles. The lowest BCUT2D eigenvalue weighted by Gasteiger charge is -2.40. The van der Waals surface area contributed by atoms with E-state index >= 15 is 4.39 Å². The van der Waals surface area contributed by atoms with Crippen LogP contribution < -0.4 is 0 Å². The van der Waals surface area contributed by atoms with E-state index in [9.17, 15) is 14.4 Å². The fourth-order valence-electron chi connectivity index (χ4n) is 5.21. The van der Waals surface area contributed by atoms with Gasteiger partial charge in [-0.1, -0.05) is 48.5 Å². The Morgan fingerprint density at radius 3 is 2.21 bits per heavy atom. The molecule has 1 fully saturated rings. The summed E-state index contributed by atoms with van der Waals surface area (Å²) in [5.41, 5.74) is 3.62. The van der Waals surface area contributed by atoms with Gasteiger partial charge >= 0.3 is 18.2 Å². The zero-order chi connectivity index (χ0) is 27.4. The number of carbonyl (C=O) groups excluding carboxylic acids is 2. The third-order valence-electron chi connectivity index (χ3n) is 6.92. The number of halogens is 1. The highest BCUT2D eigenvalue weighted by Crippen LogP contribution is 2.44. The van der Waals surface area contributed by atoms with Gasteiger partial charge in [-0.05, 0) is 55.9 Å². The molecule has 8 nitrogen and oxygen atoms in total. The molecule has 0 radical (unpaired) electrons. The summed E-state index contributed by atoms with van der Waals surface area (Å²) in [6.45, 7) is 5.35. The Kier molecular flexibility index (Phi) is 8.23. The van der Waals surface area contributed by atoms with Crippen molar-refractivity contribution in [2.75, 3.05) is 26.2 Å². The molecule has 2 amide bonds. The SMILES string of the molecule is CC(C)(C)OC(=O)N1CCC(N(CCCC(=O)O)C(=O)OCC2c3ccccc3-c3ccccc32)C(F)C1. The number of carboxylic acid groups (broad SMARTS) is 1. The maximum absolute atomic E-state index is 15.4. The number of ether oxygens (including phenoxy) is 2. The molecule has 2 aromatic rings. The van der Waals surface area contributed by atoms with E-state index < -0.39 is 36.0 Å². The Morgan fingerprint density at radius 1 is 1.05 bits per heavy atom. The van der Waals surface area contributed by atoms with Gasteiger partial charge in [0.15, 0.2) is 0 Å². The van der Waals surface area contributed by atoms with Gasteiger partial charge in [-0.3, -0.25) is 4.79 Å². The number of rotatable bonds is 7. The van der Waals surface area contributed by atoms with Crippen LogP contribution in [0.4, 0.5) is 14.0 Å². The maximum atomic E-state index is 15.4. The molecule has 38 heavy (non-hydrogen) atoms. The first-order valence-electron chi connectivity index (χ1n) is 13.0. The first-order chi connectivity index (χ1) is 18.0. The van der Waals surface area contributed by atoms with Gasteiger partial charge in [0.05, 0.1) is 12.6 Å². The number of carbonyl (C=O) groups is 3. The number of nitrogens with zero attached hydrogens (tertiary/aromatic N) is 2. The van der Waals surface area contributed by atoms with Crippen molar-refractivity contribution in [2.24, 2.45) is 0 Å². The topological polar surface area (TPSA) is 96.4 Å². The van der Waals surface area contributed by atoms with Gasteiger partial charge in [0.25, 0.3) is 0 Å². The van der Waals surface area contributed by atoms with Crippen molar-refractivity contribution in [3.63, 3.8) is 0 Å². The van der Waals surface area contributed by atoms with Crippen molar-refractivity contribution in [1.29, 1.82) is 0 Å². The highest BCUT2D eigenvalue weighted by Gasteiger charge is 2.39. The van der Waals surface area contributed by atoms with Gasteiger partial charge in [-0.2, -0.15) is 0 Å². The van der Waals surface area contributed by atoms with Gasteiger partial charge < -0.3 is 24.4 Å². The molecule has 2 atom stereocenters. The van der Waals surface area contributed by atoms with E-state index in [4.69, 9.17) is 14.6 Å². The number of hydrogen-bond donors (Lipinski definition) is 1. The van der Waals surface area contributed by atoms with Gasteiger partial charge in [0, 0.05) is 25.4 Å². The zero-order valence-corrected chi connectivity index (χ0v) is 22.1. The van der Waals surface area contributed by atoms with Gasteiger partial charge in [0.2, 0.25) is 0 Å². The number of likely N-dealkylation sites (tertiary alicyclic amines) is 1. The number of fused-ring (bicyclic) bond motifs is 3. The van der Waals surface area contributed by atoms with Crippen LogP contribution in [0.25, 0.3) is 11.1 Å².